The fourth-order valence-electron chi connectivity index (χ4n) is 2.09. The molecular formula is C15H16Cl2N6O5S. The first-order valence-electron chi connectivity index (χ1n) is 7.47. The molecule has 0 unspecified atom stereocenters. The highest BCUT2D eigenvalue weighted by atomic mass is 35.5. The van der Waals surface area contributed by atoms with Gasteiger partial charge in [0.15, 0.2) is 15.8 Å². The number of nitrogens with one attached hydrogen (secondary N) is 2. The molecule has 29 heavy (non-hydrogen) atoms. The molecular weight excluding hydrogens is 447 g/mol. The molecule has 2 amide bonds. The highest BCUT2D eigenvalue weighted by Gasteiger charge is 2.21. The molecule has 156 valence electrons. The van der Waals surface area contributed by atoms with Crippen LogP contribution in [0.3, 0.4) is 0 Å². The smallest absolute Gasteiger partial charge is 0.348 e. The molecule has 2 aromatic carbocycles. The minimum atomic E-state index is -3.81. The number of urea groups is 1. The normalized spacial score (nSPS) is 10.4. The van der Waals surface area contributed by atoms with Gasteiger partial charge in [-0.25, -0.2) is 13.2 Å². The van der Waals surface area contributed by atoms with Gasteiger partial charge in [0.05, 0.1) is 9.82 Å². The van der Waals surface area contributed by atoms with Gasteiger partial charge < -0.3 is 22.1 Å². The molecule has 0 heterocycles. The number of hydrogen-bond acceptors (Lipinski definition) is 6. The van der Waals surface area contributed by atoms with E-state index in [1.54, 1.807) is 0 Å². The Labute approximate surface area is 176 Å². The van der Waals surface area contributed by atoms with Crippen LogP contribution in [0.1, 0.15) is 0 Å². The van der Waals surface area contributed by atoms with Crippen LogP contribution in [0.4, 0.5) is 27.5 Å². The molecule has 6 N–H and O–H groups in total. The second kappa shape index (κ2) is 9.91. The molecule has 14 heteroatoms. The number of alkyl halides is 1. The number of rotatable bonds is 6. The van der Waals surface area contributed by atoms with E-state index in [9.17, 15) is 23.3 Å². The molecule has 0 aliphatic carbocycles. The van der Waals surface area contributed by atoms with Crippen molar-refractivity contribution in [3.05, 3.63) is 52.6 Å². The summed E-state index contributed by atoms with van der Waals surface area (Å²) in [6.45, 7) is 0. The maximum absolute atomic E-state index is 11.8. The summed E-state index contributed by atoms with van der Waals surface area (Å²) in [4.78, 5) is 25.1. The third-order valence-electron chi connectivity index (χ3n) is 3.31. The molecule has 0 atom stereocenters. The molecule has 0 aliphatic rings. The number of carbonyl (C=O) groups excluding carboxylic acids is 1. The lowest BCUT2D eigenvalue weighted by molar-refractivity contribution is -0.384. The molecule has 0 fully saturated rings. The molecule has 0 aliphatic heterocycles. The second-order valence-electron chi connectivity index (χ2n) is 5.33. The van der Waals surface area contributed by atoms with Gasteiger partial charge in [-0.05, 0) is 36.4 Å². The topological polar surface area (TPSA) is 183 Å². The summed E-state index contributed by atoms with van der Waals surface area (Å²) in [6.07, 6.45) is 0. The van der Waals surface area contributed by atoms with Crippen molar-refractivity contribution in [1.29, 1.82) is 0 Å². The van der Waals surface area contributed by atoms with Gasteiger partial charge >= 0.3 is 6.03 Å². The highest BCUT2D eigenvalue weighted by molar-refractivity contribution is 7.92. The first-order valence-corrected chi connectivity index (χ1v) is 9.66. The van der Waals surface area contributed by atoms with E-state index in [-0.39, 0.29) is 28.9 Å². The number of amides is 2. The molecule has 0 radical (unpaired) electrons. The van der Waals surface area contributed by atoms with Crippen LogP contribution in [0.15, 0.2) is 52.4 Å². The number of guanidine groups is 1. The predicted octanol–water partition coefficient (Wildman–Crippen LogP) is 2.54. The van der Waals surface area contributed by atoms with E-state index in [2.05, 4.69) is 15.6 Å². The van der Waals surface area contributed by atoms with Gasteiger partial charge in [-0.1, -0.05) is 0 Å². The van der Waals surface area contributed by atoms with Crippen molar-refractivity contribution >= 4 is 68.6 Å². The average Bonchev–Trinajstić information content (AvgIpc) is 2.62. The van der Waals surface area contributed by atoms with Gasteiger partial charge in [-0.3, -0.25) is 10.1 Å². The zero-order valence-electron chi connectivity index (χ0n) is 14.5. The van der Waals surface area contributed by atoms with Gasteiger partial charge in [0.2, 0.25) is 0 Å². The molecule has 2 rings (SSSR count). The summed E-state index contributed by atoms with van der Waals surface area (Å²) in [6, 6.07) is 8.78. The van der Waals surface area contributed by atoms with Crippen LogP contribution in [0.25, 0.3) is 0 Å². The van der Waals surface area contributed by atoms with E-state index in [0.29, 0.717) is 11.4 Å². The molecule has 0 saturated heterocycles. The Morgan fingerprint density at radius 2 is 1.72 bits per heavy atom. The van der Waals surface area contributed by atoms with Crippen molar-refractivity contribution < 1.29 is 18.1 Å². The number of nitro benzene ring substituents is 1. The Morgan fingerprint density at radius 3 is 2.24 bits per heavy atom. The Balaban J connectivity index is 0.00000420. The number of hydrogen-bond donors (Lipinski definition) is 4. The number of aliphatic imine (C=N–C) groups is 1. The standard InChI is InChI=1S/C15H15ClN6O5S.ClH/c16-8-28(26,27)11-5-6-12(13(7-11)22(24)25)19-9-1-3-10(4-2-9)20-15(23)21-14(17)18;/h1-7,19H,8H2,(H5,17,18,20,21,23);1H. The maximum atomic E-state index is 11.8. The Bertz CT molecular complexity index is 1040. The Kier molecular flexibility index (Phi) is 8.18. The van der Waals surface area contributed by atoms with Crippen molar-refractivity contribution in [3.8, 4) is 0 Å². The van der Waals surface area contributed by atoms with E-state index < -0.39 is 31.7 Å². The number of anilines is 3. The number of nitrogens with zero attached hydrogens (tertiary/aromatic N) is 2. The lowest BCUT2D eigenvalue weighted by Gasteiger charge is -2.10. The monoisotopic (exact) mass is 462 g/mol. The van der Waals surface area contributed by atoms with E-state index in [1.165, 1.54) is 36.4 Å². The first kappa shape index (κ1) is 23.9. The van der Waals surface area contributed by atoms with Crippen molar-refractivity contribution in [1.82, 2.24) is 0 Å². The maximum Gasteiger partial charge on any atom is 0.348 e. The van der Waals surface area contributed by atoms with Gasteiger partial charge in [-0.15, -0.1) is 24.0 Å². The third kappa shape index (κ3) is 6.48. The number of halogens is 2. The highest BCUT2D eigenvalue weighted by Crippen LogP contribution is 2.31. The van der Waals surface area contributed by atoms with Crippen LogP contribution in [-0.2, 0) is 9.84 Å². The molecule has 11 nitrogen and oxygen atoms in total. The summed E-state index contributed by atoms with van der Waals surface area (Å²) in [5, 5.41) is 15.8. The number of nitrogens with two attached hydrogens (primary N) is 2. The van der Waals surface area contributed by atoms with E-state index in [0.717, 1.165) is 6.07 Å². The van der Waals surface area contributed by atoms with E-state index in [1.807, 2.05) is 0 Å². The molecule has 0 bridgehead atoms. The van der Waals surface area contributed by atoms with Gasteiger partial charge in [-0.2, -0.15) is 4.99 Å². The summed E-state index contributed by atoms with van der Waals surface area (Å²) < 4.78 is 23.6. The number of benzene rings is 2. The zero-order chi connectivity index (χ0) is 20.9. The van der Waals surface area contributed by atoms with E-state index >= 15 is 0 Å². The van der Waals surface area contributed by atoms with Crippen LogP contribution >= 0.6 is 24.0 Å². The average molecular weight is 463 g/mol. The lowest BCUT2D eigenvalue weighted by atomic mass is 10.2. The summed E-state index contributed by atoms with van der Waals surface area (Å²) in [5.41, 5.74) is 10.7. The number of nitro groups is 1. The molecule has 0 aromatic heterocycles. The van der Waals surface area contributed by atoms with Gasteiger partial charge in [0.1, 0.15) is 10.9 Å². The lowest BCUT2D eigenvalue weighted by Crippen LogP contribution is -2.25. The summed E-state index contributed by atoms with van der Waals surface area (Å²) >= 11 is 5.38. The third-order valence-corrected chi connectivity index (χ3v) is 5.44. The molecule has 0 spiro atoms. The van der Waals surface area contributed by atoms with Gasteiger partial charge in [0.25, 0.3) is 5.69 Å². The SMILES string of the molecule is Cl.NC(N)=NC(=O)Nc1ccc(Nc2ccc(S(=O)(=O)CCl)cc2[N+](=O)[O-])cc1. The fourth-order valence-corrected chi connectivity index (χ4v) is 3.16. The van der Waals surface area contributed by atoms with Crippen molar-refractivity contribution in [2.75, 3.05) is 15.8 Å². The van der Waals surface area contributed by atoms with Gasteiger partial charge in [0, 0.05) is 17.4 Å². The van der Waals surface area contributed by atoms with Crippen molar-refractivity contribution in [2.45, 2.75) is 4.90 Å². The van der Waals surface area contributed by atoms with Crippen molar-refractivity contribution in [3.63, 3.8) is 0 Å². The summed E-state index contributed by atoms with van der Waals surface area (Å²) in [7, 11) is -3.81. The largest absolute Gasteiger partial charge is 0.370 e. The Morgan fingerprint density at radius 1 is 1.14 bits per heavy atom. The molecule has 2 aromatic rings. The Hall–Kier alpha value is -3.09. The van der Waals surface area contributed by atoms with Crippen LogP contribution in [0, 0.1) is 10.1 Å². The summed E-state index contributed by atoms with van der Waals surface area (Å²) in [5.74, 6) is -0.386. The minimum Gasteiger partial charge on any atom is -0.370 e. The quantitative estimate of drug-likeness (QED) is 0.166. The second-order valence-corrected chi connectivity index (χ2v) is 7.90. The fraction of sp³-hybridized carbons (Fsp3) is 0.0667. The minimum absolute atomic E-state index is 0. The van der Waals surface area contributed by atoms with Crippen molar-refractivity contribution in [2.24, 2.45) is 16.5 Å². The zero-order valence-corrected chi connectivity index (χ0v) is 16.9. The van der Waals surface area contributed by atoms with Crippen LogP contribution < -0.4 is 22.1 Å². The predicted molar refractivity (Wildman–Crippen MR) is 113 cm³/mol. The molecule has 0 saturated carbocycles. The number of carbonyl (C=O) groups is 1. The van der Waals surface area contributed by atoms with Crippen LogP contribution in [0.2, 0.25) is 0 Å². The number of sulfone groups is 1. The van der Waals surface area contributed by atoms with E-state index in [4.69, 9.17) is 23.1 Å². The van der Waals surface area contributed by atoms with Crippen LogP contribution in [0.5, 0.6) is 0 Å². The van der Waals surface area contributed by atoms with Crippen LogP contribution in [-0.4, -0.2) is 30.5 Å². The first-order chi connectivity index (χ1) is 13.1.